The second-order valence-corrected chi connectivity index (χ2v) is 4.89. The summed E-state index contributed by atoms with van der Waals surface area (Å²) in [7, 11) is 2.08. The minimum atomic E-state index is 0.585. The smallest absolute Gasteiger partial charge is 0.0484 e. The van der Waals surface area contributed by atoms with Crippen molar-refractivity contribution in [2.75, 3.05) is 0 Å². The van der Waals surface area contributed by atoms with Crippen molar-refractivity contribution in [3.05, 3.63) is 34.5 Å². The molecule has 1 aromatic heterocycles. The summed E-state index contributed by atoms with van der Waals surface area (Å²) in [5.74, 6) is 0. The lowest BCUT2D eigenvalue weighted by molar-refractivity contribution is 0.768. The number of hydrogen-bond donors (Lipinski definition) is 1. The highest BCUT2D eigenvalue weighted by atomic mass is 35.5. The van der Waals surface area contributed by atoms with E-state index in [1.807, 2.05) is 6.07 Å². The van der Waals surface area contributed by atoms with Crippen LogP contribution in [-0.2, 0) is 20.0 Å². The van der Waals surface area contributed by atoms with E-state index < -0.39 is 0 Å². The molecular formula is C14H19ClN2. The van der Waals surface area contributed by atoms with Crippen molar-refractivity contribution in [1.29, 1.82) is 0 Å². The van der Waals surface area contributed by atoms with Gasteiger partial charge >= 0.3 is 0 Å². The van der Waals surface area contributed by atoms with E-state index in [0.717, 1.165) is 11.4 Å². The molecule has 2 rings (SSSR count). The van der Waals surface area contributed by atoms with Crippen LogP contribution in [0.3, 0.4) is 0 Å². The van der Waals surface area contributed by atoms with Crippen molar-refractivity contribution < 1.29 is 0 Å². The minimum Gasteiger partial charge on any atom is -0.346 e. The molecule has 0 aliphatic rings. The first-order chi connectivity index (χ1) is 8.19. The number of nitrogens with zero attached hydrogens (tertiary/aromatic N) is 1. The van der Waals surface area contributed by atoms with Crippen LogP contribution in [0.5, 0.6) is 0 Å². The highest BCUT2D eigenvalue weighted by Gasteiger charge is 2.13. The highest BCUT2D eigenvalue weighted by Crippen LogP contribution is 2.29. The van der Waals surface area contributed by atoms with Gasteiger partial charge in [-0.25, -0.2) is 0 Å². The summed E-state index contributed by atoms with van der Waals surface area (Å²) in [6.45, 7) is 2.79. The van der Waals surface area contributed by atoms with Crippen LogP contribution in [0.25, 0.3) is 10.9 Å². The van der Waals surface area contributed by atoms with Gasteiger partial charge in [-0.15, -0.1) is 0 Å². The summed E-state index contributed by atoms with van der Waals surface area (Å²) >= 11 is 6.09. The molecule has 0 spiro atoms. The molecule has 3 heteroatoms. The second kappa shape index (κ2) is 5.11. The average molecular weight is 251 g/mol. The monoisotopic (exact) mass is 250 g/mol. The van der Waals surface area contributed by atoms with Crippen LogP contribution in [0.15, 0.2) is 18.2 Å². The predicted octanol–water partition coefficient (Wildman–Crippen LogP) is 3.63. The molecule has 1 aromatic carbocycles. The first kappa shape index (κ1) is 12.5. The van der Waals surface area contributed by atoms with Crippen molar-refractivity contribution in [2.45, 2.75) is 32.7 Å². The fraction of sp³-hybridized carbons (Fsp3) is 0.429. The third-order valence-corrected chi connectivity index (χ3v) is 3.61. The molecule has 2 N–H and O–H groups in total. The Morgan fingerprint density at radius 3 is 2.76 bits per heavy atom. The Morgan fingerprint density at radius 1 is 1.35 bits per heavy atom. The molecule has 0 aliphatic heterocycles. The largest absolute Gasteiger partial charge is 0.346 e. The molecule has 0 bridgehead atoms. The van der Waals surface area contributed by atoms with Gasteiger partial charge in [0.05, 0.1) is 0 Å². The van der Waals surface area contributed by atoms with E-state index in [0.29, 0.717) is 6.54 Å². The van der Waals surface area contributed by atoms with Crippen molar-refractivity contribution in [1.82, 2.24) is 4.57 Å². The van der Waals surface area contributed by atoms with E-state index in [4.69, 9.17) is 17.3 Å². The number of benzene rings is 1. The molecule has 17 heavy (non-hydrogen) atoms. The highest BCUT2D eigenvalue weighted by molar-refractivity contribution is 6.31. The van der Waals surface area contributed by atoms with Crippen LogP contribution >= 0.6 is 11.6 Å². The standard InChI is InChI=1S/C14H19ClN2/c1-3-4-5-11-12-8-10(15)6-7-13(12)17(2)14(11)9-16/h6-8H,3-5,9,16H2,1-2H3. The summed E-state index contributed by atoms with van der Waals surface area (Å²) in [6.07, 6.45) is 3.47. The Morgan fingerprint density at radius 2 is 2.12 bits per heavy atom. The van der Waals surface area contributed by atoms with Crippen LogP contribution in [0.4, 0.5) is 0 Å². The van der Waals surface area contributed by atoms with Crippen LogP contribution < -0.4 is 5.73 Å². The second-order valence-electron chi connectivity index (χ2n) is 4.45. The SMILES string of the molecule is CCCCc1c(CN)n(C)c2ccc(Cl)cc12. The zero-order valence-corrected chi connectivity index (χ0v) is 11.2. The number of hydrogen-bond acceptors (Lipinski definition) is 1. The maximum Gasteiger partial charge on any atom is 0.0484 e. The van der Waals surface area contributed by atoms with Gasteiger partial charge in [0.2, 0.25) is 0 Å². The molecule has 2 aromatic rings. The van der Waals surface area contributed by atoms with E-state index in [9.17, 15) is 0 Å². The van der Waals surface area contributed by atoms with Crippen molar-refractivity contribution in [3.8, 4) is 0 Å². The Balaban J connectivity index is 2.63. The third kappa shape index (κ3) is 2.20. The quantitative estimate of drug-likeness (QED) is 0.883. The molecule has 0 saturated carbocycles. The summed E-state index contributed by atoms with van der Waals surface area (Å²) < 4.78 is 2.19. The zero-order valence-electron chi connectivity index (χ0n) is 10.5. The van der Waals surface area contributed by atoms with Gasteiger partial charge in [-0.05, 0) is 36.6 Å². The molecule has 2 nitrogen and oxygen atoms in total. The lowest BCUT2D eigenvalue weighted by Crippen LogP contribution is -2.06. The number of rotatable bonds is 4. The average Bonchev–Trinajstić information content (AvgIpc) is 2.58. The number of unbranched alkanes of at least 4 members (excludes halogenated alkanes) is 1. The molecular weight excluding hydrogens is 232 g/mol. The van der Waals surface area contributed by atoms with Crippen LogP contribution in [-0.4, -0.2) is 4.57 Å². The number of aromatic nitrogens is 1. The topological polar surface area (TPSA) is 30.9 Å². The molecule has 0 saturated heterocycles. The van der Waals surface area contributed by atoms with Crippen LogP contribution in [0, 0.1) is 0 Å². The van der Waals surface area contributed by atoms with Gasteiger partial charge in [0.15, 0.2) is 0 Å². The Bertz CT molecular complexity index is 528. The van der Waals surface area contributed by atoms with Gasteiger partial charge in [-0.2, -0.15) is 0 Å². The Kier molecular flexibility index (Phi) is 3.75. The zero-order chi connectivity index (χ0) is 12.4. The third-order valence-electron chi connectivity index (χ3n) is 3.37. The molecule has 0 atom stereocenters. The van der Waals surface area contributed by atoms with Gasteiger partial charge in [0.25, 0.3) is 0 Å². The normalized spacial score (nSPS) is 11.3. The fourth-order valence-electron chi connectivity index (χ4n) is 2.44. The van der Waals surface area contributed by atoms with E-state index in [1.54, 1.807) is 0 Å². The molecule has 0 amide bonds. The van der Waals surface area contributed by atoms with Crippen molar-refractivity contribution >= 4 is 22.5 Å². The number of fused-ring (bicyclic) bond motifs is 1. The van der Waals surface area contributed by atoms with Gasteiger partial charge in [0, 0.05) is 35.2 Å². The molecule has 0 aliphatic carbocycles. The van der Waals surface area contributed by atoms with Gasteiger partial charge in [-0.3, -0.25) is 0 Å². The molecule has 1 heterocycles. The number of halogens is 1. The molecule has 0 unspecified atom stereocenters. The van der Waals surface area contributed by atoms with Gasteiger partial charge < -0.3 is 10.3 Å². The van der Waals surface area contributed by atoms with E-state index in [-0.39, 0.29) is 0 Å². The van der Waals surface area contributed by atoms with Crippen molar-refractivity contribution in [3.63, 3.8) is 0 Å². The minimum absolute atomic E-state index is 0.585. The summed E-state index contributed by atoms with van der Waals surface area (Å²) in [5, 5.41) is 2.05. The van der Waals surface area contributed by atoms with Crippen molar-refractivity contribution in [2.24, 2.45) is 12.8 Å². The summed E-state index contributed by atoms with van der Waals surface area (Å²) in [4.78, 5) is 0. The maximum absolute atomic E-state index is 6.09. The van der Waals surface area contributed by atoms with Gasteiger partial charge in [0.1, 0.15) is 0 Å². The molecule has 0 fully saturated rings. The lowest BCUT2D eigenvalue weighted by Gasteiger charge is -2.04. The summed E-state index contributed by atoms with van der Waals surface area (Å²) in [6, 6.07) is 6.07. The fourth-order valence-corrected chi connectivity index (χ4v) is 2.61. The van der Waals surface area contributed by atoms with E-state index >= 15 is 0 Å². The first-order valence-corrected chi connectivity index (χ1v) is 6.52. The summed E-state index contributed by atoms with van der Waals surface area (Å²) in [5.41, 5.74) is 9.70. The molecule has 92 valence electrons. The van der Waals surface area contributed by atoms with Crippen LogP contribution in [0.2, 0.25) is 5.02 Å². The first-order valence-electron chi connectivity index (χ1n) is 6.14. The maximum atomic E-state index is 6.09. The lowest BCUT2D eigenvalue weighted by atomic mass is 10.0. The predicted molar refractivity (Wildman–Crippen MR) is 74.4 cm³/mol. The molecule has 0 radical (unpaired) electrons. The Labute approximate surface area is 107 Å². The Hall–Kier alpha value is -0.990. The van der Waals surface area contributed by atoms with E-state index in [2.05, 4.69) is 30.7 Å². The number of aryl methyl sites for hydroxylation is 2. The van der Waals surface area contributed by atoms with Crippen LogP contribution in [0.1, 0.15) is 31.0 Å². The van der Waals surface area contributed by atoms with E-state index in [1.165, 1.54) is 35.0 Å². The number of nitrogens with two attached hydrogens (primary N) is 1. The van der Waals surface area contributed by atoms with Gasteiger partial charge in [-0.1, -0.05) is 24.9 Å².